The van der Waals surface area contributed by atoms with E-state index >= 15 is 0 Å². The molecule has 10 aromatic rings. The summed E-state index contributed by atoms with van der Waals surface area (Å²) in [6, 6.07) is 85.9. The molecule has 0 aliphatic rings. The number of aryl methyl sites for hydroxylation is 10. The van der Waals surface area contributed by atoms with Gasteiger partial charge in [0.25, 0.3) is 0 Å². The van der Waals surface area contributed by atoms with Crippen molar-refractivity contribution in [3.63, 3.8) is 0 Å². The summed E-state index contributed by atoms with van der Waals surface area (Å²) in [6.45, 7) is 61.3. The second kappa shape index (κ2) is 61.4. The quantitative estimate of drug-likeness (QED) is 0.161. The molecule has 0 bridgehead atoms. The topological polar surface area (TPSA) is 0 Å². The zero-order valence-corrected chi connectivity index (χ0v) is 63.1. The molecular weight excluding hydrogens is 1080 g/mol. The number of benzene rings is 10. The Morgan fingerprint density at radius 3 is 0.478 bits per heavy atom. The van der Waals surface area contributed by atoms with Gasteiger partial charge in [-0.15, -0.1) is 0 Å². The molecule has 490 valence electrons. The summed E-state index contributed by atoms with van der Waals surface area (Å²) < 4.78 is 0. The molecule has 0 aliphatic carbocycles. The van der Waals surface area contributed by atoms with Crippen molar-refractivity contribution in [3.05, 3.63) is 298 Å². The van der Waals surface area contributed by atoms with Crippen LogP contribution in [0, 0.1) is 69.2 Å². The van der Waals surface area contributed by atoms with Gasteiger partial charge in [-0.2, -0.15) is 0 Å². The minimum atomic E-state index is 1.29. The van der Waals surface area contributed by atoms with Crippen molar-refractivity contribution < 1.29 is 0 Å². The van der Waals surface area contributed by atoms with Gasteiger partial charge in [-0.05, 0) is 136 Å². The Balaban J connectivity index is -0.000000312. The van der Waals surface area contributed by atoms with Crippen LogP contribution < -0.4 is 0 Å². The maximum atomic E-state index is 2.22. The van der Waals surface area contributed by atoms with Gasteiger partial charge in [0.15, 0.2) is 0 Å². The maximum Gasteiger partial charge on any atom is -0.0152 e. The number of hydrogen-bond acceptors (Lipinski definition) is 0. The van der Waals surface area contributed by atoms with Crippen molar-refractivity contribution in [1.82, 2.24) is 0 Å². The predicted octanol–water partition coefficient (Wildman–Crippen LogP) is 30.1. The Morgan fingerprint density at radius 1 is 0.133 bits per heavy atom. The third-order valence-electron chi connectivity index (χ3n) is 12.2. The van der Waals surface area contributed by atoms with Crippen LogP contribution in [0.2, 0.25) is 0 Å². The van der Waals surface area contributed by atoms with Gasteiger partial charge >= 0.3 is 0 Å². The van der Waals surface area contributed by atoms with Crippen molar-refractivity contribution in [3.8, 4) is 55.6 Å². The zero-order chi connectivity index (χ0) is 69.8. The summed E-state index contributed by atoms with van der Waals surface area (Å²) >= 11 is 0. The van der Waals surface area contributed by atoms with Crippen LogP contribution in [0.4, 0.5) is 0 Å². The highest BCUT2D eigenvalue weighted by atomic mass is 14.1. The molecular formula is C90H130. The lowest BCUT2D eigenvalue weighted by Crippen LogP contribution is -1.85. The van der Waals surface area contributed by atoms with Crippen LogP contribution >= 0.6 is 0 Å². The molecule has 0 N–H and O–H groups in total. The summed E-state index contributed by atoms with van der Waals surface area (Å²) in [7, 11) is 0. The Hall–Kier alpha value is -7.80. The molecule has 0 heteroatoms. The third kappa shape index (κ3) is 38.6. The van der Waals surface area contributed by atoms with Gasteiger partial charge in [0.2, 0.25) is 0 Å². The van der Waals surface area contributed by atoms with E-state index in [9.17, 15) is 0 Å². The average Bonchev–Trinajstić information content (AvgIpc) is 1.68. The lowest BCUT2D eigenvalue weighted by molar-refractivity contribution is 1.41. The van der Waals surface area contributed by atoms with Crippen molar-refractivity contribution >= 4 is 0 Å². The first-order valence-electron chi connectivity index (χ1n) is 34.5. The van der Waals surface area contributed by atoms with E-state index < -0.39 is 0 Å². The average molecular weight is 1210 g/mol. The molecule has 0 fully saturated rings. The minimum Gasteiger partial charge on any atom is -0.0683 e. The standard InChI is InChI=1S/5C14H14.10C2H6/c1-11-3-7-13(8-4-11)14-9-5-12(2)6-10-14;2*1-11-5-3-7-13(9-11)14-8-4-6-12(2)10-14;1-11-7-3-5-9-13(11)14-10-6-4-8-12(14)2;1-11-6-8-13(9-7-11)14-5-3-4-12(2)10-14;10*1-2/h5*3-10H,1-2H3;10*1-2H3. The molecule has 0 nitrogen and oxygen atoms in total. The summed E-state index contributed by atoms with van der Waals surface area (Å²) in [4.78, 5) is 0. The first-order chi connectivity index (χ1) is 43.8. The largest absolute Gasteiger partial charge is 0.0683 e. The molecule has 0 saturated carbocycles. The Kier molecular flexibility index (Phi) is 62.1. The molecule has 0 aromatic heterocycles. The van der Waals surface area contributed by atoms with Crippen LogP contribution in [-0.2, 0) is 0 Å². The van der Waals surface area contributed by atoms with Gasteiger partial charge in [0, 0.05) is 0 Å². The van der Waals surface area contributed by atoms with E-state index in [1.54, 1.807) is 0 Å². The molecule has 0 aliphatic heterocycles. The maximum absolute atomic E-state index is 2.22. The molecule has 0 amide bonds. The SMILES string of the molecule is CC.CC.CC.CC.CC.CC.CC.CC.CC.CC.Cc1ccc(-c2ccc(C)cc2)cc1.Cc1ccc(-c2cccc(C)c2)cc1.Cc1cccc(-c2cccc(C)c2)c1.Cc1cccc(-c2cccc(C)c2)c1.Cc1ccccc1-c1ccccc1C. The normalized spacial score (nSPS) is 8.56. The first kappa shape index (κ1) is 90.9. The molecule has 0 unspecified atom stereocenters. The van der Waals surface area contributed by atoms with E-state index in [0.717, 1.165) is 0 Å². The lowest BCUT2D eigenvalue weighted by atomic mass is 9.97. The van der Waals surface area contributed by atoms with E-state index in [1.807, 2.05) is 138 Å². The van der Waals surface area contributed by atoms with Crippen LogP contribution in [0.15, 0.2) is 243 Å². The van der Waals surface area contributed by atoms with E-state index in [0.29, 0.717) is 0 Å². The molecule has 0 spiro atoms. The van der Waals surface area contributed by atoms with Crippen molar-refractivity contribution in [1.29, 1.82) is 0 Å². The smallest absolute Gasteiger partial charge is 0.0152 e. The lowest BCUT2D eigenvalue weighted by Gasteiger charge is -2.08. The van der Waals surface area contributed by atoms with Gasteiger partial charge in [0.05, 0.1) is 0 Å². The zero-order valence-electron chi connectivity index (χ0n) is 63.1. The fourth-order valence-electron chi connectivity index (χ4n) is 8.11. The van der Waals surface area contributed by atoms with Crippen molar-refractivity contribution in [2.75, 3.05) is 0 Å². The molecule has 90 heavy (non-hydrogen) atoms. The second-order valence-electron chi connectivity index (χ2n) is 18.6. The van der Waals surface area contributed by atoms with E-state index in [-0.39, 0.29) is 0 Å². The van der Waals surface area contributed by atoms with Crippen LogP contribution in [-0.4, -0.2) is 0 Å². The van der Waals surface area contributed by atoms with E-state index in [4.69, 9.17) is 0 Å². The highest BCUT2D eigenvalue weighted by Gasteiger charge is 2.03. The van der Waals surface area contributed by atoms with Gasteiger partial charge < -0.3 is 0 Å². The Labute approximate surface area is 558 Å². The summed E-state index contributed by atoms with van der Waals surface area (Å²) in [5, 5.41) is 0. The minimum absolute atomic E-state index is 1.29. The first-order valence-corrected chi connectivity index (χ1v) is 34.5. The summed E-state index contributed by atoms with van der Waals surface area (Å²) in [5.41, 5.74) is 26.2. The fraction of sp³-hybridized carbons (Fsp3) is 0.333. The van der Waals surface area contributed by atoms with E-state index in [2.05, 4.69) is 312 Å². The molecule has 10 rings (SSSR count). The summed E-state index contributed by atoms with van der Waals surface area (Å²) in [6.07, 6.45) is 0. The van der Waals surface area contributed by atoms with Gasteiger partial charge in [-0.1, -0.05) is 426 Å². The van der Waals surface area contributed by atoms with Crippen LogP contribution in [0.1, 0.15) is 194 Å². The fourth-order valence-corrected chi connectivity index (χ4v) is 8.11. The Morgan fingerprint density at radius 2 is 0.300 bits per heavy atom. The molecule has 0 saturated heterocycles. The van der Waals surface area contributed by atoms with Crippen LogP contribution in [0.25, 0.3) is 55.6 Å². The predicted molar refractivity (Wildman–Crippen MR) is 420 cm³/mol. The van der Waals surface area contributed by atoms with Gasteiger partial charge in [0.1, 0.15) is 0 Å². The number of rotatable bonds is 5. The van der Waals surface area contributed by atoms with E-state index in [1.165, 1.54) is 111 Å². The highest BCUT2D eigenvalue weighted by Crippen LogP contribution is 2.27. The monoisotopic (exact) mass is 1210 g/mol. The third-order valence-corrected chi connectivity index (χ3v) is 12.2. The van der Waals surface area contributed by atoms with Gasteiger partial charge in [-0.25, -0.2) is 0 Å². The highest BCUT2D eigenvalue weighted by molar-refractivity contribution is 5.70. The molecule has 0 radical (unpaired) electrons. The molecule has 0 heterocycles. The number of hydrogen-bond donors (Lipinski definition) is 0. The Bertz CT molecular complexity index is 2900. The van der Waals surface area contributed by atoms with Crippen LogP contribution in [0.5, 0.6) is 0 Å². The van der Waals surface area contributed by atoms with Crippen molar-refractivity contribution in [2.45, 2.75) is 208 Å². The second-order valence-corrected chi connectivity index (χ2v) is 18.6. The van der Waals surface area contributed by atoms with Crippen LogP contribution in [0.3, 0.4) is 0 Å². The molecule has 0 atom stereocenters. The summed E-state index contributed by atoms with van der Waals surface area (Å²) in [5.74, 6) is 0. The molecule has 10 aromatic carbocycles. The van der Waals surface area contributed by atoms with Crippen molar-refractivity contribution in [2.24, 2.45) is 0 Å². The van der Waals surface area contributed by atoms with Gasteiger partial charge in [-0.3, -0.25) is 0 Å².